The van der Waals surface area contributed by atoms with Gasteiger partial charge >= 0.3 is 0 Å². The van der Waals surface area contributed by atoms with Crippen molar-refractivity contribution in [3.63, 3.8) is 0 Å². The first-order chi connectivity index (χ1) is 23.9. The first-order valence-electron chi connectivity index (χ1n) is 18.9. The normalized spacial score (nSPS) is 30.2. The molecule has 2 aromatic carbocycles. The van der Waals surface area contributed by atoms with Gasteiger partial charge in [0, 0.05) is 29.1 Å². The molecule has 1 amide bonds. The summed E-state index contributed by atoms with van der Waals surface area (Å²) >= 11 is 6.47. The first-order valence-corrected chi connectivity index (χ1v) is 20.9. The van der Waals surface area contributed by atoms with Crippen molar-refractivity contribution in [2.75, 3.05) is 57.4 Å². The zero-order chi connectivity index (χ0) is 35.7. The number of amides is 1. The van der Waals surface area contributed by atoms with E-state index in [1.54, 1.807) is 13.0 Å². The van der Waals surface area contributed by atoms with Crippen LogP contribution in [-0.2, 0) is 26.6 Å². The number of carbonyl (C=O) groups is 1. The van der Waals surface area contributed by atoms with Gasteiger partial charge in [0.15, 0.2) is 0 Å². The molecule has 2 aromatic rings. The molecule has 4 aliphatic rings. The number of ether oxygens (including phenoxy) is 2. The largest absolute Gasteiger partial charge is 0.490 e. The van der Waals surface area contributed by atoms with Crippen LogP contribution in [0, 0.1) is 17.8 Å². The standard InChI is InChI=1S/C40H56ClN3O5S/c1-6-44(7-2,8-3)21-22-48-37-13-9-11-28(4)29(5)50(46,47)42-39(45)31-15-19-38-36(24-31)43(25-32-14-17-34(32)37)26-40(27-49-38)20-10-12-30-23-33(41)16-18-35(30)40/h9,13,15-16,18-19,23-24,28-29,32,34,37H,6-8,10-12,14,17,20-22,25-27H2,1-5H3/p+1/b13-9-/t28-,29+,32-,34+,37-,40-/m0/s1. The average molecular weight is 727 g/mol. The lowest BCUT2D eigenvalue weighted by Crippen LogP contribution is -2.51. The number of nitrogens with zero attached hydrogens (tertiary/aromatic N) is 2. The molecule has 10 heteroatoms. The predicted molar refractivity (Wildman–Crippen MR) is 202 cm³/mol. The number of aryl methyl sites for hydroxylation is 1. The molecule has 0 radical (unpaired) electrons. The van der Waals surface area contributed by atoms with E-state index in [1.165, 1.54) is 11.1 Å². The Morgan fingerprint density at radius 1 is 1.08 bits per heavy atom. The molecule has 6 atom stereocenters. The van der Waals surface area contributed by atoms with Crippen LogP contribution in [0.2, 0.25) is 5.02 Å². The van der Waals surface area contributed by atoms with E-state index in [4.69, 9.17) is 21.1 Å². The van der Waals surface area contributed by atoms with E-state index < -0.39 is 21.2 Å². The molecular weight excluding hydrogens is 670 g/mol. The smallest absolute Gasteiger partial charge is 0.264 e. The molecule has 2 aliphatic heterocycles. The molecule has 1 saturated carbocycles. The van der Waals surface area contributed by atoms with Gasteiger partial charge in [-0.25, -0.2) is 13.1 Å². The highest BCUT2D eigenvalue weighted by molar-refractivity contribution is 7.90. The second kappa shape index (κ2) is 15.2. The Kier molecular flexibility index (Phi) is 11.3. The van der Waals surface area contributed by atoms with Gasteiger partial charge in [-0.05, 0) is 125 Å². The van der Waals surface area contributed by atoms with Gasteiger partial charge in [-0.15, -0.1) is 0 Å². The zero-order valence-corrected chi connectivity index (χ0v) is 32.2. The van der Waals surface area contributed by atoms with Crippen molar-refractivity contribution >= 4 is 33.2 Å². The maximum absolute atomic E-state index is 13.6. The van der Waals surface area contributed by atoms with Crippen LogP contribution >= 0.6 is 11.6 Å². The Morgan fingerprint density at radius 2 is 1.86 bits per heavy atom. The van der Waals surface area contributed by atoms with Crippen molar-refractivity contribution < 1.29 is 27.2 Å². The quantitative estimate of drug-likeness (QED) is 0.241. The molecule has 1 spiro atoms. The summed E-state index contributed by atoms with van der Waals surface area (Å²) in [5, 5.41) is -0.000914. The van der Waals surface area contributed by atoms with Crippen molar-refractivity contribution in [2.24, 2.45) is 17.8 Å². The molecule has 1 fully saturated rings. The fraction of sp³-hybridized carbons (Fsp3) is 0.625. The second-order valence-corrected chi connectivity index (χ2v) is 17.9. The summed E-state index contributed by atoms with van der Waals surface area (Å²) in [5.41, 5.74) is 3.49. The highest BCUT2D eigenvalue weighted by atomic mass is 35.5. The van der Waals surface area contributed by atoms with Crippen molar-refractivity contribution in [1.29, 1.82) is 0 Å². The number of rotatable bonds is 7. The minimum atomic E-state index is -3.92. The number of hydrogen-bond donors (Lipinski definition) is 1. The highest BCUT2D eigenvalue weighted by Crippen LogP contribution is 2.47. The van der Waals surface area contributed by atoms with Crippen LogP contribution in [-0.4, -0.2) is 82.6 Å². The number of allylic oxidation sites excluding steroid dienone is 1. The number of anilines is 1. The van der Waals surface area contributed by atoms with Gasteiger partial charge in [0.2, 0.25) is 10.0 Å². The predicted octanol–water partition coefficient (Wildman–Crippen LogP) is 7.15. The first kappa shape index (κ1) is 37.2. The Hall–Kier alpha value is -2.59. The van der Waals surface area contributed by atoms with E-state index in [0.29, 0.717) is 37.0 Å². The second-order valence-electron chi connectivity index (χ2n) is 15.5. The number of carbonyl (C=O) groups excluding carboxylic acids is 1. The lowest BCUT2D eigenvalue weighted by atomic mass is 9.68. The Balaban J connectivity index is 1.38. The van der Waals surface area contributed by atoms with Gasteiger partial charge in [-0.2, -0.15) is 0 Å². The maximum Gasteiger partial charge on any atom is 0.264 e. The van der Waals surface area contributed by atoms with E-state index >= 15 is 0 Å². The molecule has 2 heterocycles. The minimum Gasteiger partial charge on any atom is -0.490 e. The number of sulfonamides is 1. The average Bonchev–Trinajstić information content (AvgIpc) is 3.24. The van der Waals surface area contributed by atoms with Gasteiger partial charge in [0.25, 0.3) is 5.91 Å². The van der Waals surface area contributed by atoms with Gasteiger partial charge in [-0.1, -0.05) is 36.7 Å². The fourth-order valence-corrected chi connectivity index (χ4v) is 10.3. The third-order valence-corrected chi connectivity index (χ3v) is 15.0. The Labute approximate surface area is 305 Å². The summed E-state index contributed by atoms with van der Waals surface area (Å²) in [6.45, 7) is 17.4. The Morgan fingerprint density at radius 3 is 2.58 bits per heavy atom. The van der Waals surface area contributed by atoms with Crippen molar-refractivity contribution in [3.05, 3.63) is 70.3 Å². The summed E-state index contributed by atoms with van der Waals surface area (Å²) in [7, 11) is -3.92. The molecule has 2 aliphatic carbocycles. The number of likely N-dealkylation sites (N-methyl/N-ethyl adjacent to an activating group) is 1. The monoisotopic (exact) mass is 726 g/mol. The molecule has 6 rings (SSSR count). The van der Waals surface area contributed by atoms with Gasteiger partial charge in [0.05, 0.1) is 49.9 Å². The van der Waals surface area contributed by atoms with Gasteiger partial charge in [0.1, 0.15) is 12.3 Å². The lowest BCUT2D eigenvalue weighted by molar-refractivity contribution is -0.923. The summed E-state index contributed by atoms with van der Waals surface area (Å²) in [6, 6.07) is 11.6. The molecule has 8 nitrogen and oxygen atoms in total. The van der Waals surface area contributed by atoms with E-state index in [2.05, 4.69) is 54.7 Å². The summed E-state index contributed by atoms with van der Waals surface area (Å²) < 4.78 is 43.8. The SMILES string of the molecule is CC[N+](CC)(CC)CCO[C@H]1/C=C\C[C@H](C)[C@@H](C)S(=O)(=O)NC(=O)c2ccc3c(c2)N(C[C@@H]2CC[C@H]21)C[C@@]1(CCCc2cc(Cl)ccc21)CO3. The maximum atomic E-state index is 13.6. The summed E-state index contributed by atoms with van der Waals surface area (Å²) in [5.74, 6) is 0.663. The van der Waals surface area contributed by atoms with E-state index in [-0.39, 0.29) is 17.4 Å². The van der Waals surface area contributed by atoms with Crippen LogP contribution in [0.25, 0.3) is 0 Å². The third-order valence-electron chi connectivity index (χ3n) is 12.9. The van der Waals surface area contributed by atoms with E-state index in [0.717, 1.165) is 92.3 Å². The number of nitrogens with one attached hydrogen (secondary N) is 1. The molecular formula is C40H57ClN3O5S+. The van der Waals surface area contributed by atoms with E-state index in [1.807, 2.05) is 25.1 Å². The topological polar surface area (TPSA) is 84.9 Å². The molecule has 0 saturated heterocycles. The van der Waals surface area contributed by atoms with Crippen LogP contribution in [0.5, 0.6) is 5.75 Å². The number of benzene rings is 2. The van der Waals surface area contributed by atoms with Crippen LogP contribution in [0.4, 0.5) is 5.69 Å². The third kappa shape index (κ3) is 7.48. The van der Waals surface area contributed by atoms with Crippen molar-refractivity contribution in [2.45, 2.75) is 89.9 Å². The lowest BCUT2D eigenvalue weighted by Gasteiger charge is -2.46. The van der Waals surface area contributed by atoms with Crippen molar-refractivity contribution in [3.8, 4) is 5.75 Å². The molecule has 0 aromatic heterocycles. The number of quaternary nitrogens is 1. The van der Waals surface area contributed by atoms with Gasteiger partial charge < -0.3 is 18.9 Å². The fourth-order valence-electron chi connectivity index (χ4n) is 8.85. The molecule has 274 valence electrons. The summed E-state index contributed by atoms with van der Waals surface area (Å²) in [6.07, 6.45) is 10.1. The molecule has 0 unspecified atom stereocenters. The highest BCUT2D eigenvalue weighted by Gasteiger charge is 2.45. The van der Waals surface area contributed by atoms with Crippen molar-refractivity contribution in [1.82, 2.24) is 4.72 Å². The van der Waals surface area contributed by atoms with Crippen LogP contribution in [0.15, 0.2) is 48.6 Å². The number of halogens is 1. The van der Waals surface area contributed by atoms with E-state index in [9.17, 15) is 13.2 Å². The van der Waals surface area contributed by atoms with Crippen LogP contribution < -0.4 is 14.4 Å². The van der Waals surface area contributed by atoms with Crippen LogP contribution in [0.1, 0.15) is 88.2 Å². The molecule has 50 heavy (non-hydrogen) atoms. The summed E-state index contributed by atoms with van der Waals surface area (Å²) in [4.78, 5) is 16.0. The Bertz CT molecular complexity index is 1670. The molecule has 1 N–H and O–H groups in total. The minimum absolute atomic E-state index is 0.0477. The molecule has 2 bridgehead atoms. The van der Waals surface area contributed by atoms with Crippen LogP contribution in [0.3, 0.4) is 0 Å². The number of fused-ring (bicyclic) bond motifs is 4. The van der Waals surface area contributed by atoms with Gasteiger partial charge in [-0.3, -0.25) is 4.79 Å². The number of hydrogen-bond acceptors (Lipinski definition) is 6. The zero-order valence-electron chi connectivity index (χ0n) is 30.6.